The zero-order valence-electron chi connectivity index (χ0n) is 12.0. The van der Waals surface area contributed by atoms with E-state index in [2.05, 4.69) is 42.3 Å². The summed E-state index contributed by atoms with van der Waals surface area (Å²) in [4.78, 5) is 2.52. The monoisotopic (exact) mass is 260 g/mol. The van der Waals surface area contributed by atoms with E-state index in [1.54, 1.807) is 0 Å². The predicted molar refractivity (Wildman–Crippen MR) is 78.6 cm³/mol. The summed E-state index contributed by atoms with van der Waals surface area (Å²) >= 11 is 0. The van der Waals surface area contributed by atoms with Crippen LogP contribution in [-0.2, 0) is 17.7 Å². The van der Waals surface area contributed by atoms with Gasteiger partial charge in [0, 0.05) is 31.9 Å². The van der Waals surface area contributed by atoms with Crippen LogP contribution in [0.1, 0.15) is 31.4 Å². The third kappa shape index (κ3) is 2.93. The summed E-state index contributed by atoms with van der Waals surface area (Å²) in [5.74, 6) is 0. The highest BCUT2D eigenvalue weighted by Gasteiger charge is 2.27. The third-order valence-corrected chi connectivity index (χ3v) is 4.09. The number of morpholine rings is 1. The molecule has 0 amide bonds. The maximum Gasteiger partial charge on any atom is 0.0753 e. The molecule has 0 radical (unpaired) electrons. The van der Waals surface area contributed by atoms with Crippen LogP contribution in [0.3, 0.4) is 0 Å². The van der Waals surface area contributed by atoms with E-state index in [0.717, 1.165) is 32.8 Å². The van der Waals surface area contributed by atoms with E-state index in [9.17, 15) is 0 Å². The Morgan fingerprint density at radius 3 is 3.11 bits per heavy atom. The Balaban J connectivity index is 1.76. The zero-order chi connectivity index (χ0) is 13.3. The van der Waals surface area contributed by atoms with Gasteiger partial charge in [-0.2, -0.15) is 0 Å². The van der Waals surface area contributed by atoms with E-state index in [4.69, 9.17) is 4.74 Å². The van der Waals surface area contributed by atoms with Gasteiger partial charge in [0.1, 0.15) is 0 Å². The summed E-state index contributed by atoms with van der Waals surface area (Å²) in [7, 11) is 0. The minimum absolute atomic E-state index is 0.00859. The molecule has 1 aromatic rings. The number of nitrogens with one attached hydrogen (secondary N) is 1. The van der Waals surface area contributed by atoms with Gasteiger partial charge in [0.05, 0.1) is 12.2 Å². The zero-order valence-corrected chi connectivity index (χ0v) is 12.0. The molecule has 3 nitrogen and oxygen atoms in total. The summed E-state index contributed by atoms with van der Waals surface area (Å²) in [5, 5.41) is 3.51. The van der Waals surface area contributed by atoms with E-state index in [-0.39, 0.29) is 5.60 Å². The minimum atomic E-state index is -0.00859. The van der Waals surface area contributed by atoms with Gasteiger partial charge in [0.15, 0.2) is 0 Å². The van der Waals surface area contributed by atoms with Gasteiger partial charge >= 0.3 is 0 Å². The summed E-state index contributed by atoms with van der Waals surface area (Å²) in [6.07, 6.45) is 2.46. The van der Waals surface area contributed by atoms with E-state index in [0.29, 0.717) is 0 Å². The molecule has 1 fully saturated rings. The van der Waals surface area contributed by atoms with Crippen LogP contribution in [0.5, 0.6) is 0 Å². The van der Waals surface area contributed by atoms with Crippen LogP contribution in [0.25, 0.3) is 0 Å². The van der Waals surface area contributed by atoms with Crippen molar-refractivity contribution in [3.8, 4) is 0 Å². The lowest BCUT2D eigenvalue weighted by Crippen LogP contribution is -2.47. The normalized spacial score (nSPS) is 22.6. The smallest absolute Gasteiger partial charge is 0.0753 e. The Kier molecular flexibility index (Phi) is 3.50. The highest BCUT2D eigenvalue weighted by Crippen LogP contribution is 2.27. The molecular weight excluding hydrogens is 236 g/mol. The first-order chi connectivity index (χ1) is 9.14. The van der Waals surface area contributed by atoms with Crippen LogP contribution in [-0.4, -0.2) is 36.7 Å². The van der Waals surface area contributed by atoms with Gasteiger partial charge < -0.3 is 10.1 Å². The van der Waals surface area contributed by atoms with Crippen molar-refractivity contribution in [3.63, 3.8) is 0 Å². The number of nitrogens with zero attached hydrogens (tertiary/aromatic N) is 1. The first-order valence-electron chi connectivity index (χ1n) is 7.35. The van der Waals surface area contributed by atoms with Crippen molar-refractivity contribution in [2.75, 3.05) is 31.6 Å². The number of ether oxygens (including phenoxy) is 1. The maximum absolute atomic E-state index is 5.79. The molecule has 0 aliphatic carbocycles. The third-order valence-electron chi connectivity index (χ3n) is 4.09. The standard InChI is InChI=1S/C16H24N2O/c1-16(2)12-18(9-10-19-16)11-13-5-3-7-15-14(13)6-4-8-17-15/h3,5,7,17H,4,6,8-12H2,1-2H3. The number of anilines is 1. The van der Waals surface area contributed by atoms with Gasteiger partial charge in [-0.15, -0.1) is 0 Å². The van der Waals surface area contributed by atoms with Crippen molar-refractivity contribution < 1.29 is 4.74 Å². The van der Waals surface area contributed by atoms with Crippen LogP contribution < -0.4 is 5.32 Å². The number of hydrogen-bond donors (Lipinski definition) is 1. The lowest BCUT2D eigenvalue weighted by molar-refractivity contribution is -0.0883. The Morgan fingerprint density at radius 1 is 1.37 bits per heavy atom. The summed E-state index contributed by atoms with van der Waals surface area (Å²) in [5.41, 5.74) is 4.35. The molecule has 0 saturated carbocycles. The van der Waals surface area contributed by atoms with Crippen molar-refractivity contribution in [1.82, 2.24) is 4.90 Å². The minimum Gasteiger partial charge on any atom is -0.385 e. The Morgan fingerprint density at radius 2 is 2.26 bits per heavy atom. The largest absolute Gasteiger partial charge is 0.385 e. The molecule has 0 aromatic heterocycles. The van der Waals surface area contributed by atoms with E-state index in [1.807, 2.05) is 0 Å². The van der Waals surface area contributed by atoms with Gasteiger partial charge in [0.25, 0.3) is 0 Å². The topological polar surface area (TPSA) is 24.5 Å². The molecule has 3 heteroatoms. The molecule has 0 unspecified atom stereocenters. The molecule has 1 saturated heterocycles. The van der Waals surface area contributed by atoms with E-state index >= 15 is 0 Å². The molecule has 0 bridgehead atoms. The van der Waals surface area contributed by atoms with Gasteiger partial charge in [0.2, 0.25) is 0 Å². The number of rotatable bonds is 2. The summed E-state index contributed by atoms with van der Waals surface area (Å²) in [6.45, 7) is 9.44. The molecule has 104 valence electrons. The van der Waals surface area contributed by atoms with Crippen LogP contribution >= 0.6 is 0 Å². The Hall–Kier alpha value is -1.06. The molecule has 0 atom stereocenters. The van der Waals surface area contributed by atoms with Crippen molar-refractivity contribution in [1.29, 1.82) is 0 Å². The highest BCUT2D eigenvalue weighted by molar-refractivity contribution is 5.56. The highest BCUT2D eigenvalue weighted by atomic mass is 16.5. The van der Waals surface area contributed by atoms with E-state index in [1.165, 1.54) is 29.7 Å². The first-order valence-corrected chi connectivity index (χ1v) is 7.35. The fraction of sp³-hybridized carbons (Fsp3) is 0.625. The molecule has 3 rings (SSSR count). The lowest BCUT2D eigenvalue weighted by Gasteiger charge is -2.38. The second-order valence-corrected chi connectivity index (χ2v) is 6.29. The molecule has 0 spiro atoms. The molecular formula is C16H24N2O. The van der Waals surface area contributed by atoms with Gasteiger partial charge in [-0.3, -0.25) is 4.90 Å². The maximum atomic E-state index is 5.79. The Bertz CT molecular complexity index is 456. The van der Waals surface area contributed by atoms with Crippen molar-refractivity contribution in [2.45, 2.75) is 38.8 Å². The first kappa shape index (κ1) is 12.9. The molecule has 19 heavy (non-hydrogen) atoms. The lowest BCUT2D eigenvalue weighted by atomic mass is 9.96. The number of benzene rings is 1. The van der Waals surface area contributed by atoms with Gasteiger partial charge in [-0.25, -0.2) is 0 Å². The second kappa shape index (κ2) is 5.14. The second-order valence-electron chi connectivity index (χ2n) is 6.29. The predicted octanol–water partition coefficient (Wildman–Crippen LogP) is 2.66. The van der Waals surface area contributed by atoms with Gasteiger partial charge in [-0.05, 0) is 43.9 Å². The van der Waals surface area contributed by atoms with Crippen molar-refractivity contribution in [2.24, 2.45) is 0 Å². The van der Waals surface area contributed by atoms with Gasteiger partial charge in [-0.1, -0.05) is 12.1 Å². The van der Waals surface area contributed by atoms with Crippen LogP contribution in [0.2, 0.25) is 0 Å². The summed E-state index contributed by atoms with van der Waals surface area (Å²) < 4.78 is 5.79. The number of fused-ring (bicyclic) bond motifs is 1. The average molecular weight is 260 g/mol. The molecule has 1 N–H and O–H groups in total. The molecule has 2 aliphatic heterocycles. The fourth-order valence-electron chi connectivity index (χ4n) is 3.22. The van der Waals surface area contributed by atoms with E-state index < -0.39 is 0 Å². The van der Waals surface area contributed by atoms with Crippen LogP contribution in [0, 0.1) is 0 Å². The SMILES string of the molecule is CC1(C)CN(Cc2cccc3c2CCCN3)CCO1. The fourth-order valence-corrected chi connectivity index (χ4v) is 3.22. The number of hydrogen-bond acceptors (Lipinski definition) is 3. The summed E-state index contributed by atoms with van der Waals surface area (Å²) in [6, 6.07) is 6.67. The average Bonchev–Trinajstić information content (AvgIpc) is 2.38. The Labute approximate surface area is 115 Å². The quantitative estimate of drug-likeness (QED) is 0.884. The molecule has 2 heterocycles. The van der Waals surface area contributed by atoms with Crippen LogP contribution in [0.4, 0.5) is 5.69 Å². The van der Waals surface area contributed by atoms with Crippen molar-refractivity contribution >= 4 is 5.69 Å². The molecule has 1 aromatic carbocycles. The molecule has 2 aliphatic rings. The van der Waals surface area contributed by atoms with Crippen LogP contribution in [0.15, 0.2) is 18.2 Å². The van der Waals surface area contributed by atoms with Crippen molar-refractivity contribution in [3.05, 3.63) is 29.3 Å².